The molecule has 11 heteroatoms. The summed E-state index contributed by atoms with van der Waals surface area (Å²) in [4.78, 5) is 20.3. The molecule has 1 aliphatic rings. The molecule has 0 amide bonds. The number of benzene rings is 1. The van der Waals surface area contributed by atoms with Crippen molar-refractivity contribution >= 4 is 22.0 Å². The normalized spacial score (nSPS) is 14.4. The molecule has 0 radical (unpaired) electrons. The summed E-state index contributed by atoms with van der Waals surface area (Å²) in [5, 5.41) is 6.47. The van der Waals surface area contributed by atoms with Crippen molar-refractivity contribution in [3.05, 3.63) is 54.4 Å². The molecule has 1 aromatic heterocycles. The van der Waals surface area contributed by atoms with E-state index in [2.05, 4.69) is 25.3 Å². The quantitative estimate of drug-likeness (QED) is 0.304. The average Bonchev–Trinajstić information content (AvgIpc) is 2.87. The van der Waals surface area contributed by atoms with Crippen molar-refractivity contribution in [3.63, 3.8) is 0 Å². The predicted molar refractivity (Wildman–Crippen MR) is 128 cm³/mol. The number of aromatic nitrogens is 1. The minimum atomic E-state index is -3.93. The molecule has 0 bridgehead atoms. The van der Waals surface area contributed by atoms with Crippen molar-refractivity contribution in [2.75, 3.05) is 33.4 Å². The highest BCUT2D eigenvalue weighted by Gasteiger charge is 2.24. The number of pyridine rings is 1. The van der Waals surface area contributed by atoms with Crippen LogP contribution in [0.1, 0.15) is 37.3 Å². The summed E-state index contributed by atoms with van der Waals surface area (Å²) in [5.74, 6) is 0.767. The molecular weight excluding hydrogens is 458 g/mol. The van der Waals surface area contributed by atoms with Gasteiger partial charge in [0.15, 0.2) is 5.96 Å². The molecule has 2 aromatic rings. The summed E-state index contributed by atoms with van der Waals surface area (Å²) >= 11 is 0. The lowest BCUT2D eigenvalue weighted by atomic mass is 10.1. The maximum absolute atomic E-state index is 13.0. The van der Waals surface area contributed by atoms with E-state index in [1.54, 1.807) is 30.5 Å². The Balaban J connectivity index is 1.54. The number of hydrogen-bond acceptors (Lipinski definition) is 9. The fourth-order valence-corrected chi connectivity index (χ4v) is 4.58. The smallest absolute Gasteiger partial charge is 0.307 e. The number of aliphatic imine (C=N–C) groups is 1. The van der Waals surface area contributed by atoms with Crippen LogP contribution in [0.25, 0.3) is 0 Å². The van der Waals surface area contributed by atoms with Crippen LogP contribution in [0.3, 0.4) is 0 Å². The standard InChI is InChI=1S/C23H31N5O5S/c1-32-22(29)16-21(18-7-5-10-24-17-18)28-34(30,31)20-9-4-8-19(15-20)33-14-3-2-11-25-23-26-12-6-13-27-23/h4-5,7-10,15,17,21,28H,2-3,6,11-14,16H2,1H3,(H2,25,26,27). The predicted octanol–water partition coefficient (Wildman–Crippen LogP) is 1.76. The molecule has 0 aliphatic carbocycles. The molecule has 0 spiro atoms. The van der Waals surface area contributed by atoms with Gasteiger partial charge in [-0.05, 0) is 43.0 Å². The number of ether oxygens (including phenoxy) is 2. The highest BCUT2D eigenvalue weighted by atomic mass is 32.2. The minimum Gasteiger partial charge on any atom is -0.494 e. The molecule has 0 saturated carbocycles. The number of carbonyl (C=O) groups excluding carboxylic acids is 1. The first kappa shape index (κ1) is 25.4. The van der Waals surface area contributed by atoms with Gasteiger partial charge in [-0.1, -0.05) is 12.1 Å². The van der Waals surface area contributed by atoms with Gasteiger partial charge in [0, 0.05) is 38.1 Å². The van der Waals surface area contributed by atoms with Gasteiger partial charge in [-0.25, -0.2) is 13.1 Å². The van der Waals surface area contributed by atoms with E-state index in [0.29, 0.717) is 17.9 Å². The van der Waals surface area contributed by atoms with E-state index in [-0.39, 0.29) is 11.3 Å². The number of methoxy groups -OCH3 is 1. The average molecular weight is 490 g/mol. The van der Waals surface area contributed by atoms with Crippen LogP contribution in [0, 0.1) is 0 Å². The van der Waals surface area contributed by atoms with E-state index in [1.807, 2.05) is 0 Å². The van der Waals surface area contributed by atoms with E-state index in [1.165, 1.54) is 25.4 Å². The van der Waals surface area contributed by atoms with Gasteiger partial charge in [0.2, 0.25) is 10.0 Å². The number of guanidine groups is 1. The fraction of sp³-hybridized carbons (Fsp3) is 0.435. The summed E-state index contributed by atoms with van der Waals surface area (Å²) in [6.07, 6.45) is 5.68. The van der Waals surface area contributed by atoms with Crippen molar-refractivity contribution in [1.29, 1.82) is 0 Å². The number of nitrogens with zero attached hydrogens (tertiary/aromatic N) is 2. The maximum atomic E-state index is 13.0. The molecule has 0 saturated heterocycles. The highest BCUT2D eigenvalue weighted by Crippen LogP contribution is 2.23. The number of hydrogen-bond donors (Lipinski definition) is 3. The SMILES string of the molecule is COC(=O)CC(NS(=O)(=O)c1cccc(OCCCCNC2=NCCCN2)c1)c1cccnc1. The lowest BCUT2D eigenvalue weighted by Gasteiger charge is -2.18. The Labute approximate surface area is 200 Å². The first-order valence-electron chi connectivity index (χ1n) is 11.2. The van der Waals surface area contributed by atoms with Gasteiger partial charge >= 0.3 is 5.97 Å². The third-order valence-electron chi connectivity index (χ3n) is 5.13. The number of rotatable bonds is 12. The second kappa shape index (κ2) is 12.9. The van der Waals surface area contributed by atoms with Gasteiger partial charge in [0.1, 0.15) is 5.75 Å². The Hall–Kier alpha value is -3.18. The number of unbranched alkanes of at least 4 members (excludes halogenated alkanes) is 1. The summed E-state index contributed by atoms with van der Waals surface area (Å²) in [6, 6.07) is 8.86. The Morgan fingerprint density at radius 2 is 2.12 bits per heavy atom. The first-order valence-corrected chi connectivity index (χ1v) is 12.7. The van der Waals surface area contributed by atoms with E-state index in [0.717, 1.165) is 44.9 Å². The Morgan fingerprint density at radius 3 is 2.85 bits per heavy atom. The van der Waals surface area contributed by atoms with Gasteiger partial charge < -0.3 is 20.1 Å². The lowest BCUT2D eigenvalue weighted by molar-refractivity contribution is -0.141. The van der Waals surface area contributed by atoms with Crippen LogP contribution in [0.2, 0.25) is 0 Å². The zero-order valence-corrected chi connectivity index (χ0v) is 20.0. The van der Waals surface area contributed by atoms with Crippen molar-refractivity contribution in [2.45, 2.75) is 36.6 Å². The molecule has 10 nitrogen and oxygen atoms in total. The van der Waals surface area contributed by atoms with Crippen LogP contribution >= 0.6 is 0 Å². The van der Waals surface area contributed by atoms with Crippen LogP contribution < -0.4 is 20.1 Å². The van der Waals surface area contributed by atoms with Gasteiger partial charge in [0.05, 0.1) is 31.1 Å². The maximum Gasteiger partial charge on any atom is 0.307 e. The third kappa shape index (κ3) is 7.99. The van der Waals surface area contributed by atoms with Crippen LogP contribution in [-0.4, -0.2) is 58.7 Å². The van der Waals surface area contributed by atoms with Gasteiger partial charge in [-0.3, -0.25) is 14.8 Å². The van der Waals surface area contributed by atoms with E-state index in [9.17, 15) is 13.2 Å². The summed E-state index contributed by atoms with van der Waals surface area (Å²) < 4.78 is 39.1. The molecule has 2 heterocycles. The molecule has 3 rings (SSSR count). The topological polar surface area (TPSA) is 131 Å². The summed E-state index contributed by atoms with van der Waals surface area (Å²) in [5.41, 5.74) is 0.562. The molecule has 1 atom stereocenters. The monoisotopic (exact) mass is 489 g/mol. The second-order valence-corrected chi connectivity index (χ2v) is 9.42. The summed E-state index contributed by atoms with van der Waals surface area (Å²) in [6.45, 7) is 3.02. The molecule has 0 fully saturated rings. The molecule has 1 aromatic carbocycles. The molecule has 1 aliphatic heterocycles. The fourth-order valence-electron chi connectivity index (χ4n) is 3.32. The third-order valence-corrected chi connectivity index (χ3v) is 6.60. The number of carbonyl (C=O) groups is 1. The Kier molecular flexibility index (Phi) is 9.65. The second-order valence-electron chi connectivity index (χ2n) is 7.71. The lowest BCUT2D eigenvalue weighted by Crippen LogP contribution is -2.41. The largest absolute Gasteiger partial charge is 0.494 e. The first-order chi connectivity index (χ1) is 16.5. The number of sulfonamides is 1. The molecule has 3 N–H and O–H groups in total. The minimum absolute atomic E-state index is 0.0480. The number of nitrogens with one attached hydrogen (secondary N) is 3. The molecule has 1 unspecified atom stereocenters. The van der Waals surface area contributed by atoms with Crippen LogP contribution in [-0.2, 0) is 19.6 Å². The Morgan fingerprint density at radius 1 is 1.24 bits per heavy atom. The van der Waals surface area contributed by atoms with Crippen molar-refractivity contribution in [2.24, 2.45) is 4.99 Å². The molecule has 34 heavy (non-hydrogen) atoms. The van der Waals surface area contributed by atoms with Crippen molar-refractivity contribution < 1.29 is 22.7 Å². The molecule has 184 valence electrons. The van der Waals surface area contributed by atoms with Crippen LogP contribution in [0.5, 0.6) is 5.75 Å². The Bertz CT molecular complexity index is 1060. The van der Waals surface area contributed by atoms with E-state index >= 15 is 0 Å². The zero-order valence-electron chi connectivity index (χ0n) is 19.2. The van der Waals surface area contributed by atoms with Gasteiger partial charge in [0.25, 0.3) is 0 Å². The zero-order chi connectivity index (χ0) is 24.2. The summed E-state index contributed by atoms with van der Waals surface area (Å²) in [7, 11) is -2.67. The van der Waals surface area contributed by atoms with Crippen molar-refractivity contribution in [3.8, 4) is 5.75 Å². The highest BCUT2D eigenvalue weighted by molar-refractivity contribution is 7.89. The molecular formula is C23H31N5O5S. The van der Waals surface area contributed by atoms with Gasteiger partial charge in [-0.15, -0.1) is 0 Å². The van der Waals surface area contributed by atoms with E-state index in [4.69, 9.17) is 9.47 Å². The number of esters is 1. The van der Waals surface area contributed by atoms with E-state index < -0.39 is 22.0 Å². The van der Waals surface area contributed by atoms with Crippen LogP contribution in [0.15, 0.2) is 58.7 Å². The van der Waals surface area contributed by atoms with Gasteiger partial charge in [-0.2, -0.15) is 0 Å². The van der Waals surface area contributed by atoms with Crippen molar-refractivity contribution in [1.82, 2.24) is 20.3 Å². The van der Waals surface area contributed by atoms with Crippen LogP contribution in [0.4, 0.5) is 0 Å².